The smallest absolute Gasteiger partial charge is 0.335 e. The molecule has 2 N–H and O–H groups in total. The van der Waals surface area contributed by atoms with Crippen LogP contribution < -0.4 is 5.32 Å². The number of aromatic nitrogens is 1. The normalized spacial score (nSPS) is 10.5. The summed E-state index contributed by atoms with van der Waals surface area (Å²) in [6, 6.07) is 5.04. The third-order valence-corrected chi connectivity index (χ3v) is 3.36. The first-order valence-corrected chi connectivity index (χ1v) is 6.92. The summed E-state index contributed by atoms with van der Waals surface area (Å²) in [5.74, 6) is 0.858. The molecule has 5 nitrogen and oxygen atoms in total. The molecule has 0 aliphatic rings. The number of benzene rings is 1. The molecule has 0 radical (unpaired) electrons. The van der Waals surface area contributed by atoms with Crippen LogP contribution in [0.5, 0.6) is 0 Å². The van der Waals surface area contributed by atoms with E-state index < -0.39 is 5.97 Å². The molecule has 1 heterocycles. The molecule has 2 rings (SSSR count). The zero-order valence-electron chi connectivity index (χ0n) is 10.3. The Labute approximate surface area is 114 Å². The Morgan fingerprint density at radius 1 is 1.58 bits per heavy atom. The zero-order valence-corrected chi connectivity index (χ0v) is 11.1. The lowest BCUT2D eigenvalue weighted by Gasteiger charge is -1.99. The molecule has 1 aromatic heterocycles. The quantitative estimate of drug-likeness (QED) is 0.599. The van der Waals surface area contributed by atoms with Gasteiger partial charge >= 0.3 is 5.97 Å². The number of fused-ring (bicyclic) bond motifs is 1. The van der Waals surface area contributed by atoms with E-state index in [1.54, 1.807) is 17.8 Å². The van der Waals surface area contributed by atoms with Crippen molar-refractivity contribution >= 4 is 34.8 Å². The lowest BCUT2D eigenvalue weighted by Crippen LogP contribution is -2.04. The van der Waals surface area contributed by atoms with Crippen LogP contribution in [0.2, 0.25) is 0 Å². The summed E-state index contributed by atoms with van der Waals surface area (Å²) < 4.78 is 5.45. The van der Waals surface area contributed by atoms with Gasteiger partial charge in [0.1, 0.15) is 5.52 Å². The highest BCUT2D eigenvalue weighted by Gasteiger charge is 2.09. The number of hydrogen-bond donors (Lipinski definition) is 2. The van der Waals surface area contributed by atoms with Crippen LogP contribution in [0.15, 0.2) is 35.3 Å². The molecule has 0 spiro atoms. The van der Waals surface area contributed by atoms with Crippen molar-refractivity contribution in [3.8, 4) is 0 Å². The van der Waals surface area contributed by atoms with Crippen LogP contribution in [0.1, 0.15) is 10.4 Å². The summed E-state index contributed by atoms with van der Waals surface area (Å²) in [4.78, 5) is 15.1. The second-order valence-corrected chi connectivity index (χ2v) is 4.95. The van der Waals surface area contributed by atoms with Crippen LogP contribution in [0.4, 0.5) is 6.01 Å². The fraction of sp³-hybridized carbons (Fsp3) is 0.231. The van der Waals surface area contributed by atoms with Crippen molar-refractivity contribution in [2.24, 2.45) is 0 Å². The number of hydrogen-bond acceptors (Lipinski definition) is 5. The fourth-order valence-electron chi connectivity index (χ4n) is 1.53. The minimum Gasteiger partial charge on any atom is -0.478 e. The zero-order chi connectivity index (χ0) is 13.7. The second kappa shape index (κ2) is 6.29. The first-order chi connectivity index (χ1) is 9.20. The number of carbonyl (C=O) groups is 1. The summed E-state index contributed by atoms with van der Waals surface area (Å²) in [6.45, 7) is 4.38. The Balaban J connectivity index is 2.00. The van der Waals surface area contributed by atoms with Crippen LogP contribution >= 0.6 is 11.8 Å². The minimum atomic E-state index is -0.978. The predicted octanol–water partition coefficient (Wildman–Crippen LogP) is 2.86. The molecule has 0 atom stereocenters. The number of anilines is 1. The molecule has 0 aliphatic heterocycles. The first-order valence-electron chi connectivity index (χ1n) is 5.77. The van der Waals surface area contributed by atoms with Gasteiger partial charge in [-0.05, 0) is 18.2 Å². The molecule has 0 unspecified atom stereocenters. The lowest BCUT2D eigenvalue weighted by molar-refractivity contribution is 0.0697. The molecule has 0 amide bonds. The van der Waals surface area contributed by atoms with Crippen molar-refractivity contribution in [2.45, 2.75) is 0 Å². The van der Waals surface area contributed by atoms with Crippen LogP contribution in [0, 0.1) is 0 Å². The molecule has 6 heteroatoms. The maximum absolute atomic E-state index is 10.8. The Morgan fingerprint density at radius 3 is 3.16 bits per heavy atom. The fourth-order valence-corrected chi connectivity index (χ4v) is 2.11. The van der Waals surface area contributed by atoms with E-state index >= 15 is 0 Å². The number of nitrogens with zero attached hydrogens (tertiary/aromatic N) is 1. The standard InChI is InChI=1S/C13H14N2O3S/c1-2-6-19-7-5-14-13-15-10-4-3-9(12(16)17)8-11(10)18-13/h2-4,8H,1,5-7H2,(H,14,15)(H,16,17). The summed E-state index contributed by atoms with van der Waals surface area (Å²) in [6.07, 6.45) is 1.86. The van der Waals surface area contributed by atoms with Crippen molar-refractivity contribution < 1.29 is 14.3 Å². The molecule has 0 bridgehead atoms. The van der Waals surface area contributed by atoms with Crippen molar-refractivity contribution in [3.63, 3.8) is 0 Å². The number of carboxylic acid groups (broad SMARTS) is 1. The first kappa shape index (κ1) is 13.5. The van der Waals surface area contributed by atoms with Gasteiger partial charge in [-0.1, -0.05) is 6.08 Å². The number of carboxylic acids is 1. The van der Waals surface area contributed by atoms with Gasteiger partial charge in [-0.25, -0.2) is 4.79 Å². The summed E-state index contributed by atoms with van der Waals surface area (Å²) >= 11 is 1.76. The molecule has 2 aromatic rings. The third kappa shape index (κ3) is 3.51. The number of oxazole rings is 1. The lowest BCUT2D eigenvalue weighted by atomic mass is 10.2. The topological polar surface area (TPSA) is 75.4 Å². The van der Waals surface area contributed by atoms with E-state index in [2.05, 4.69) is 16.9 Å². The molecule has 0 saturated carbocycles. The number of thioether (sulfide) groups is 1. The Bertz CT molecular complexity index is 595. The van der Waals surface area contributed by atoms with E-state index in [0.717, 1.165) is 18.1 Å². The minimum absolute atomic E-state index is 0.191. The van der Waals surface area contributed by atoms with Crippen LogP contribution in [0.25, 0.3) is 11.1 Å². The van der Waals surface area contributed by atoms with E-state index in [-0.39, 0.29) is 5.56 Å². The molecule has 0 aliphatic carbocycles. The highest BCUT2D eigenvalue weighted by atomic mass is 32.2. The average Bonchev–Trinajstić information content (AvgIpc) is 2.80. The molecule has 0 fully saturated rings. The van der Waals surface area contributed by atoms with Crippen molar-refractivity contribution in [1.29, 1.82) is 0 Å². The van der Waals surface area contributed by atoms with E-state index in [0.29, 0.717) is 17.1 Å². The summed E-state index contributed by atoms with van der Waals surface area (Å²) in [7, 11) is 0. The van der Waals surface area contributed by atoms with Gasteiger partial charge in [0.15, 0.2) is 5.58 Å². The number of nitrogens with one attached hydrogen (secondary N) is 1. The molecular weight excluding hydrogens is 264 g/mol. The summed E-state index contributed by atoms with van der Waals surface area (Å²) in [5.41, 5.74) is 1.31. The van der Waals surface area contributed by atoms with E-state index in [1.165, 1.54) is 12.1 Å². The van der Waals surface area contributed by atoms with Gasteiger partial charge in [0.2, 0.25) is 0 Å². The van der Waals surface area contributed by atoms with E-state index in [4.69, 9.17) is 9.52 Å². The average molecular weight is 278 g/mol. The van der Waals surface area contributed by atoms with Crippen LogP contribution in [0.3, 0.4) is 0 Å². The van der Waals surface area contributed by atoms with Crippen molar-refractivity contribution in [3.05, 3.63) is 36.4 Å². The molecule has 100 valence electrons. The Morgan fingerprint density at radius 2 is 2.42 bits per heavy atom. The Kier molecular flexibility index (Phi) is 4.46. The van der Waals surface area contributed by atoms with E-state index in [9.17, 15) is 4.79 Å². The van der Waals surface area contributed by atoms with Gasteiger partial charge in [0, 0.05) is 18.1 Å². The summed E-state index contributed by atoms with van der Waals surface area (Å²) in [5, 5.41) is 11.9. The molecule has 19 heavy (non-hydrogen) atoms. The highest BCUT2D eigenvalue weighted by molar-refractivity contribution is 7.99. The predicted molar refractivity (Wildman–Crippen MR) is 77.0 cm³/mol. The van der Waals surface area contributed by atoms with Crippen LogP contribution in [-0.2, 0) is 0 Å². The van der Waals surface area contributed by atoms with Gasteiger partial charge in [0.05, 0.1) is 5.56 Å². The maximum atomic E-state index is 10.8. The SMILES string of the molecule is C=CCSCCNc1nc2ccc(C(=O)O)cc2o1. The third-order valence-electron chi connectivity index (χ3n) is 2.39. The molecule has 1 aromatic carbocycles. The largest absolute Gasteiger partial charge is 0.478 e. The van der Waals surface area contributed by atoms with Crippen LogP contribution in [-0.4, -0.2) is 34.1 Å². The van der Waals surface area contributed by atoms with Crippen molar-refractivity contribution in [2.75, 3.05) is 23.4 Å². The van der Waals surface area contributed by atoms with Gasteiger partial charge < -0.3 is 14.8 Å². The highest BCUT2D eigenvalue weighted by Crippen LogP contribution is 2.20. The number of rotatable bonds is 7. The molecular formula is C13H14N2O3S. The second-order valence-electron chi connectivity index (χ2n) is 3.80. The molecule has 0 saturated heterocycles. The van der Waals surface area contributed by atoms with Gasteiger partial charge in [-0.2, -0.15) is 16.7 Å². The van der Waals surface area contributed by atoms with Gasteiger partial charge in [0.25, 0.3) is 6.01 Å². The number of aromatic carboxylic acids is 1. The monoisotopic (exact) mass is 278 g/mol. The van der Waals surface area contributed by atoms with Gasteiger partial charge in [-0.15, -0.1) is 6.58 Å². The van der Waals surface area contributed by atoms with E-state index in [1.807, 2.05) is 6.08 Å². The maximum Gasteiger partial charge on any atom is 0.335 e. The Hall–Kier alpha value is -1.95. The van der Waals surface area contributed by atoms with Gasteiger partial charge in [-0.3, -0.25) is 0 Å². The van der Waals surface area contributed by atoms with Crippen molar-refractivity contribution in [1.82, 2.24) is 4.98 Å².